The number of rotatable bonds is 7. The molecule has 146 valence electrons. The molecule has 2 amide bonds. The van der Waals surface area contributed by atoms with E-state index in [1.165, 1.54) is 12.1 Å². The van der Waals surface area contributed by atoms with Crippen molar-refractivity contribution < 1.29 is 9.18 Å². The molecule has 0 saturated heterocycles. The summed E-state index contributed by atoms with van der Waals surface area (Å²) in [4.78, 5) is 18.5. The largest absolute Gasteiger partial charge is 0.337 e. The van der Waals surface area contributed by atoms with Crippen molar-refractivity contribution in [3.8, 4) is 0 Å². The molecule has 0 unspecified atom stereocenters. The third kappa shape index (κ3) is 5.71. The monoisotopic (exact) mass is 420 g/mol. The van der Waals surface area contributed by atoms with Crippen molar-refractivity contribution in [1.82, 2.24) is 14.5 Å². The standard InChI is InChI=1S/C20H19Cl2FN4O/c21-18-6-5-17(12-19(18)22)25-20(28)27(9-2-8-26-10-7-24-14-26)13-15-3-1-4-16(23)11-15/h1,3-7,10-12,14H,2,8-9,13H2,(H,25,28). The number of urea groups is 1. The molecule has 0 atom stereocenters. The van der Waals surface area contributed by atoms with E-state index in [1.54, 1.807) is 47.8 Å². The van der Waals surface area contributed by atoms with Crippen LogP contribution in [-0.4, -0.2) is 27.0 Å². The Kier molecular flexibility index (Phi) is 6.90. The van der Waals surface area contributed by atoms with Crippen molar-refractivity contribution in [1.29, 1.82) is 0 Å². The minimum absolute atomic E-state index is 0.287. The summed E-state index contributed by atoms with van der Waals surface area (Å²) in [6.45, 7) is 1.50. The number of hydrogen-bond donors (Lipinski definition) is 1. The molecule has 0 radical (unpaired) electrons. The van der Waals surface area contributed by atoms with Gasteiger partial charge in [0.05, 0.1) is 16.4 Å². The summed E-state index contributed by atoms with van der Waals surface area (Å²) in [5.74, 6) is -0.333. The van der Waals surface area contributed by atoms with Crippen LogP contribution in [0, 0.1) is 5.82 Å². The van der Waals surface area contributed by atoms with Crippen molar-refractivity contribution in [2.75, 3.05) is 11.9 Å². The number of amides is 2. The van der Waals surface area contributed by atoms with E-state index in [0.717, 1.165) is 13.0 Å². The first-order chi connectivity index (χ1) is 13.5. The summed E-state index contributed by atoms with van der Waals surface area (Å²) in [5.41, 5.74) is 1.25. The van der Waals surface area contributed by atoms with Crippen LogP contribution in [-0.2, 0) is 13.1 Å². The molecule has 0 spiro atoms. The zero-order chi connectivity index (χ0) is 19.9. The minimum atomic E-state index is -0.333. The third-order valence-electron chi connectivity index (χ3n) is 4.12. The zero-order valence-electron chi connectivity index (χ0n) is 15.0. The number of halogens is 3. The third-order valence-corrected chi connectivity index (χ3v) is 4.86. The number of aromatic nitrogens is 2. The highest BCUT2D eigenvalue weighted by molar-refractivity contribution is 6.42. The smallest absolute Gasteiger partial charge is 0.322 e. The van der Waals surface area contributed by atoms with Gasteiger partial charge in [-0.05, 0) is 42.3 Å². The zero-order valence-corrected chi connectivity index (χ0v) is 16.5. The lowest BCUT2D eigenvalue weighted by atomic mass is 10.2. The molecule has 1 heterocycles. The lowest BCUT2D eigenvalue weighted by molar-refractivity contribution is 0.207. The predicted molar refractivity (Wildman–Crippen MR) is 109 cm³/mol. The Hall–Kier alpha value is -2.57. The molecule has 5 nitrogen and oxygen atoms in total. The fraction of sp³-hybridized carbons (Fsp3) is 0.200. The Bertz CT molecular complexity index is 934. The van der Waals surface area contributed by atoms with Crippen molar-refractivity contribution >= 4 is 34.9 Å². The number of imidazole rings is 1. The summed E-state index contributed by atoms with van der Waals surface area (Å²) in [5, 5.41) is 3.59. The second-order valence-corrected chi connectivity index (χ2v) is 7.08. The van der Waals surface area contributed by atoms with E-state index >= 15 is 0 Å². The number of aryl methyl sites for hydroxylation is 1. The maximum atomic E-state index is 13.5. The normalized spacial score (nSPS) is 10.7. The maximum Gasteiger partial charge on any atom is 0.322 e. The molecule has 3 aromatic rings. The number of hydrogen-bond acceptors (Lipinski definition) is 2. The number of anilines is 1. The first kappa shape index (κ1) is 20.2. The Morgan fingerprint density at radius 3 is 2.75 bits per heavy atom. The van der Waals surface area contributed by atoms with Gasteiger partial charge in [-0.25, -0.2) is 14.2 Å². The van der Waals surface area contributed by atoms with Crippen molar-refractivity contribution in [2.24, 2.45) is 0 Å². The molecule has 0 fully saturated rings. The quantitative estimate of drug-likeness (QED) is 0.551. The molecule has 3 rings (SSSR count). The van der Waals surface area contributed by atoms with Gasteiger partial charge in [0.2, 0.25) is 0 Å². The molecule has 0 aliphatic carbocycles. The second-order valence-electron chi connectivity index (χ2n) is 6.26. The van der Waals surface area contributed by atoms with Gasteiger partial charge in [-0.2, -0.15) is 0 Å². The molecule has 8 heteroatoms. The summed E-state index contributed by atoms with van der Waals surface area (Å²) < 4.78 is 15.5. The summed E-state index contributed by atoms with van der Waals surface area (Å²) in [6.07, 6.45) is 6.03. The molecule has 0 saturated carbocycles. The van der Waals surface area contributed by atoms with E-state index < -0.39 is 0 Å². The van der Waals surface area contributed by atoms with Gasteiger partial charge in [-0.15, -0.1) is 0 Å². The first-order valence-electron chi connectivity index (χ1n) is 8.72. The SMILES string of the molecule is O=C(Nc1ccc(Cl)c(Cl)c1)N(CCCn1ccnc1)Cc1cccc(F)c1. The van der Waals surface area contributed by atoms with Crippen LogP contribution in [0.25, 0.3) is 0 Å². The van der Waals surface area contributed by atoms with Crippen LogP contribution in [0.15, 0.2) is 61.2 Å². The Labute approximate surface area is 172 Å². The van der Waals surface area contributed by atoms with Crippen LogP contribution in [0.1, 0.15) is 12.0 Å². The average Bonchev–Trinajstić information content (AvgIpc) is 3.17. The summed E-state index contributed by atoms with van der Waals surface area (Å²) in [6, 6.07) is 10.8. The molecule has 1 aromatic heterocycles. The van der Waals surface area contributed by atoms with Crippen LogP contribution in [0.4, 0.5) is 14.9 Å². The average molecular weight is 421 g/mol. The molecule has 0 bridgehead atoms. The van der Waals surface area contributed by atoms with Crippen LogP contribution in [0.2, 0.25) is 10.0 Å². The Morgan fingerprint density at radius 2 is 2.04 bits per heavy atom. The number of nitrogens with one attached hydrogen (secondary N) is 1. The van der Waals surface area contributed by atoms with Gasteiger partial charge in [0, 0.05) is 37.7 Å². The topological polar surface area (TPSA) is 50.2 Å². The van der Waals surface area contributed by atoms with E-state index in [-0.39, 0.29) is 18.4 Å². The number of nitrogens with zero attached hydrogens (tertiary/aromatic N) is 3. The molecule has 28 heavy (non-hydrogen) atoms. The maximum absolute atomic E-state index is 13.5. The highest BCUT2D eigenvalue weighted by atomic mass is 35.5. The summed E-state index contributed by atoms with van der Waals surface area (Å²) >= 11 is 11.9. The van der Waals surface area contributed by atoms with Crippen LogP contribution in [0.3, 0.4) is 0 Å². The van der Waals surface area contributed by atoms with E-state index in [9.17, 15) is 9.18 Å². The molecule has 0 aliphatic heterocycles. The van der Waals surface area contributed by atoms with Crippen molar-refractivity contribution in [3.05, 3.63) is 82.6 Å². The molecular formula is C20H19Cl2FN4O. The first-order valence-corrected chi connectivity index (χ1v) is 9.48. The number of carbonyl (C=O) groups is 1. The predicted octanol–water partition coefficient (Wildman–Crippen LogP) is 5.45. The molecular weight excluding hydrogens is 402 g/mol. The van der Waals surface area contributed by atoms with E-state index in [0.29, 0.717) is 27.8 Å². The highest BCUT2D eigenvalue weighted by Crippen LogP contribution is 2.25. The molecule has 2 aromatic carbocycles. The van der Waals surface area contributed by atoms with Gasteiger partial charge >= 0.3 is 6.03 Å². The van der Waals surface area contributed by atoms with Crippen LogP contribution in [0.5, 0.6) is 0 Å². The number of carbonyl (C=O) groups excluding carboxylic acids is 1. The fourth-order valence-electron chi connectivity index (χ4n) is 2.75. The second kappa shape index (κ2) is 9.57. The molecule has 0 aliphatic rings. The van der Waals surface area contributed by atoms with Gasteiger partial charge < -0.3 is 14.8 Å². The van der Waals surface area contributed by atoms with Crippen molar-refractivity contribution in [2.45, 2.75) is 19.5 Å². The van der Waals surface area contributed by atoms with Crippen LogP contribution < -0.4 is 5.32 Å². The van der Waals surface area contributed by atoms with Crippen molar-refractivity contribution in [3.63, 3.8) is 0 Å². The van der Waals surface area contributed by atoms with E-state index in [2.05, 4.69) is 10.3 Å². The van der Waals surface area contributed by atoms with E-state index in [1.807, 2.05) is 10.8 Å². The molecule has 1 N–H and O–H groups in total. The van der Waals surface area contributed by atoms with Gasteiger partial charge in [0.15, 0.2) is 0 Å². The van der Waals surface area contributed by atoms with Crippen LogP contribution >= 0.6 is 23.2 Å². The van der Waals surface area contributed by atoms with E-state index in [4.69, 9.17) is 23.2 Å². The Morgan fingerprint density at radius 1 is 1.18 bits per heavy atom. The fourth-order valence-corrected chi connectivity index (χ4v) is 3.05. The summed E-state index contributed by atoms with van der Waals surface area (Å²) in [7, 11) is 0. The highest BCUT2D eigenvalue weighted by Gasteiger charge is 2.15. The Balaban J connectivity index is 1.69. The van der Waals surface area contributed by atoms with Gasteiger partial charge in [-0.3, -0.25) is 0 Å². The minimum Gasteiger partial charge on any atom is -0.337 e. The number of benzene rings is 2. The lowest BCUT2D eigenvalue weighted by Gasteiger charge is -2.23. The lowest BCUT2D eigenvalue weighted by Crippen LogP contribution is -2.35. The van der Waals surface area contributed by atoms with Gasteiger partial charge in [0.25, 0.3) is 0 Å². The van der Waals surface area contributed by atoms with Gasteiger partial charge in [0.1, 0.15) is 5.82 Å². The van der Waals surface area contributed by atoms with Gasteiger partial charge in [-0.1, -0.05) is 35.3 Å².